The third kappa shape index (κ3) is 10.6. The van der Waals surface area contributed by atoms with Crippen LogP contribution in [0.2, 0.25) is 0 Å². The highest BCUT2D eigenvalue weighted by Gasteiger charge is 2.20. The van der Waals surface area contributed by atoms with Crippen LogP contribution < -0.4 is 11.0 Å². The molecule has 2 heterocycles. The predicted octanol–water partition coefficient (Wildman–Crippen LogP) is 7.74. The number of aromatic nitrogens is 4. The van der Waals surface area contributed by atoms with E-state index >= 15 is 0 Å². The van der Waals surface area contributed by atoms with Crippen LogP contribution in [-0.4, -0.2) is 26.1 Å². The van der Waals surface area contributed by atoms with Gasteiger partial charge in [-0.3, -0.25) is 15.1 Å². The maximum atomic E-state index is 13.5. The molecule has 0 aliphatic heterocycles. The minimum absolute atomic E-state index is 0.193. The van der Waals surface area contributed by atoms with E-state index in [2.05, 4.69) is 71.4 Å². The van der Waals surface area contributed by atoms with Crippen LogP contribution in [0.4, 0.5) is 5.13 Å². The first kappa shape index (κ1) is 30.4. The van der Waals surface area contributed by atoms with E-state index in [1.54, 1.807) is 18.0 Å². The van der Waals surface area contributed by atoms with Gasteiger partial charge < -0.3 is 0 Å². The summed E-state index contributed by atoms with van der Waals surface area (Å²) in [5.74, 6) is -0.193. The zero-order valence-corrected chi connectivity index (χ0v) is 24.8. The van der Waals surface area contributed by atoms with Gasteiger partial charge in [0.15, 0.2) is 10.3 Å². The van der Waals surface area contributed by atoms with Crippen molar-refractivity contribution in [3.05, 3.63) is 89.4 Å². The Hall–Kier alpha value is -2.82. The van der Waals surface area contributed by atoms with Crippen molar-refractivity contribution in [3.63, 3.8) is 0 Å². The summed E-state index contributed by atoms with van der Waals surface area (Å²) < 4.78 is 0. The average molecular weight is 558 g/mol. The van der Waals surface area contributed by atoms with Gasteiger partial charge in [-0.05, 0) is 70.6 Å². The van der Waals surface area contributed by atoms with E-state index in [1.165, 1.54) is 34.2 Å². The smallest absolute Gasteiger partial charge is 0.298 e. The molecule has 2 rings (SSSR count). The highest BCUT2D eigenvalue weighted by Crippen LogP contribution is 2.36. The van der Waals surface area contributed by atoms with Gasteiger partial charge in [-0.25, -0.2) is 14.9 Å². The molecular formula is C27H35N5O2S3. The first-order chi connectivity index (χ1) is 17.6. The molecule has 0 fully saturated rings. The number of anilines is 1. The van der Waals surface area contributed by atoms with Crippen molar-refractivity contribution in [1.82, 2.24) is 20.2 Å². The first-order valence-electron chi connectivity index (χ1n) is 11.9. The summed E-state index contributed by atoms with van der Waals surface area (Å²) in [6, 6.07) is 0. The van der Waals surface area contributed by atoms with Crippen LogP contribution in [0, 0.1) is 0 Å². The Bertz CT molecular complexity index is 1300. The van der Waals surface area contributed by atoms with Gasteiger partial charge in [-0.1, -0.05) is 66.2 Å². The minimum atomic E-state index is -0.350. The summed E-state index contributed by atoms with van der Waals surface area (Å²) in [6.45, 7) is 14.3. The molecule has 2 aromatic rings. The molecular weight excluding hydrogens is 523 g/mol. The number of amides is 1. The van der Waals surface area contributed by atoms with E-state index in [0.29, 0.717) is 15.9 Å². The van der Waals surface area contributed by atoms with Crippen molar-refractivity contribution in [2.75, 3.05) is 5.32 Å². The Morgan fingerprint density at radius 1 is 1.08 bits per heavy atom. The van der Waals surface area contributed by atoms with Gasteiger partial charge in [0.05, 0.1) is 5.57 Å². The second-order valence-corrected chi connectivity index (χ2v) is 11.7. The Balaban J connectivity index is 2.59. The number of thioether (sulfide) groups is 2. The zero-order chi connectivity index (χ0) is 27.4. The van der Waals surface area contributed by atoms with E-state index in [4.69, 9.17) is 0 Å². The van der Waals surface area contributed by atoms with Crippen LogP contribution in [0.15, 0.2) is 88.9 Å². The standard InChI is InChI=1S/C27H35N5O2S3/c1-8-18(5)16-21(12-10-17(3)4)37-22(13-11-20(7)36-27-30-25(34)31-32-27)23(19(6)9-2)24(33)29-26-28-14-15-35-26/h10-16H,8-9H2,1-7H3,(H,28,29,33)(H2,30,31,32,34)/b18-16?,20-11+,21-12+,22-13+,23-19-. The lowest BCUT2D eigenvalue weighted by atomic mass is 10.1. The van der Waals surface area contributed by atoms with Gasteiger partial charge in [0, 0.05) is 21.4 Å². The first-order valence-corrected chi connectivity index (χ1v) is 14.5. The fraction of sp³-hybridized carbons (Fsp3) is 0.333. The summed E-state index contributed by atoms with van der Waals surface area (Å²) in [4.78, 5) is 34.6. The fourth-order valence-electron chi connectivity index (χ4n) is 2.82. The lowest BCUT2D eigenvalue weighted by Crippen LogP contribution is -2.16. The molecule has 3 N–H and O–H groups in total. The van der Waals surface area contributed by atoms with Gasteiger partial charge in [-0.15, -0.1) is 16.4 Å². The van der Waals surface area contributed by atoms with Crippen molar-refractivity contribution >= 4 is 45.9 Å². The molecule has 2 aromatic heterocycles. The van der Waals surface area contributed by atoms with E-state index in [0.717, 1.165) is 33.1 Å². The highest BCUT2D eigenvalue weighted by atomic mass is 32.2. The van der Waals surface area contributed by atoms with Crippen LogP contribution in [0.3, 0.4) is 0 Å². The summed E-state index contributed by atoms with van der Waals surface area (Å²) in [6.07, 6.45) is 13.6. The predicted molar refractivity (Wildman–Crippen MR) is 160 cm³/mol. The van der Waals surface area contributed by atoms with Crippen molar-refractivity contribution in [1.29, 1.82) is 0 Å². The summed E-state index contributed by atoms with van der Waals surface area (Å²) in [7, 11) is 0. The van der Waals surface area contributed by atoms with E-state index in [-0.39, 0.29) is 11.6 Å². The fourth-order valence-corrected chi connectivity index (χ4v) is 5.18. The minimum Gasteiger partial charge on any atom is -0.298 e. The quantitative estimate of drug-likeness (QED) is 0.140. The summed E-state index contributed by atoms with van der Waals surface area (Å²) in [5.41, 5.74) is 3.68. The van der Waals surface area contributed by atoms with Crippen molar-refractivity contribution in [2.45, 2.75) is 66.5 Å². The van der Waals surface area contributed by atoms with Crippen molar-refractivity contribution < 1.29 is 4.79 Å². The normalized spacial score (nSPS) is 13.9. The van der Waals surface area contributed by atoms with Crippen LogP contribution in [0.1, 0.15) is 61.3 Å². The van der Waals surface area contributed by atoms with Crippen LogP contribution >= 0.6 is 34.9 Å². The van der Waals surface area contributed by atoms with Crippen molar-refractivity contribution in [3.8, 4) is 0 Å². The Morgan fingerprint density at radius 2 is 1.84 bits per heavy atom. The summed E-state index contributed by atoms with van der Waals surface area (Å²) >= 11 is 4.28. The number of hydrogen-bond donors (Lipinski definition) is 3. The monoisotopic (exact) mass is 557 g/mol. The number of thiazole rings is 1. The van der Waals surface area contributed by atoms with Gasteiger partial charge in [0.25, 0.3) is 5.91 Å². The second kappa shape index (κ2) is 15.4. The lowest BCUT2D eigenvalue weighted by molar-refractivity contribution is -0.112. The number of nitrogens with one attached hydrogen (secondary N) is 3. The molecule has 1 amide bonds. The maximum absolute atomic E-state index is 13.5. The molecule has 0 radical (unpaired) electrons. The molecule has 0 aromatic carbocycles. The molecule has 0 saturated carbocycles. The lowest BCUT2D eigenvalue weighted by Gasteiger charge is -2.15. The second-order valence-electron chi connectivity index (χ2n) is 8.45. The SMILES string of the molecule is CCC(C)=C/C(=C\C=C(C)C)SC(=C/C=C(\C)Sc1n[nH]c(=O)[nH]1)/C(C(=O)Nc1nccs1)=C(\C)CC. The van der Waals surface area contributed by atoms with E-state index in [1.807, 2.05) is 38.3 Å². The topological polar surface area (TPSA) is 104 Å². The zero-order valence-electron chi connectivity index (χ0n) is 22.4. The molecule has 7 nitrogen and oxygen atoms in total. The molecule has 37 heavy (non-hydrogen) atoms. The number of carbonyl (C=O) groups is 1. The van der Waals surface area contributed by atoms with Gasteiger partial charge in [0.2, 0.25) is 0 Å². The van der Waals surface area contributed by atoms with Gasteiger partial charge in [0.1, 0.15) is 0 Å². The Morgan fingerprint density at radius 3 is 2.41 bits per heavy atom. The van der Waals surface area contributed by atoms with Crippen LogP contribution in [0.5, 0.6) is 0 Å². The Labute approximate surface area is 231 Å². The van der Waals surface area contributed by atoms with Crippen LogP contribution in [-0.2, 0) is 4.79 Å². The number of allylic oxidation sites excluding steroid dienone is 9. The van der Waals surface area contributed by atoms with Crippen LogP contribution in [0.25, 0.3) is 0 Å². The molecule has 10 heteroatoms. The number of rotatable bonds is 12. The molecule has 198 valence electrons. The Kier molecular flexibility index (Phi) is 12.7. The third-order valence-corrected chi connectivity index (χ3v) is 7.63. The molecule has 0 unspecified atom stereocenters. The molecule has 0 bridgehead atoms. The molecule has 0 aliphatic carbocycles. The summed E-state index contributed by atoms with van der Waals surface area (Å²) in [5, 5.41) is 12.2. The highest BCUT2D eigenvalue weighted by molar-refractivity contribution is 8.07. The number of hydrogen-bond acceptors (Lipinski definition) is 7. The van der Waals surface area contributed by atoms with E-state index in [9.17, 15) is 9.59 Å². The van der Waals surface area contributed by atoms with Gasteiger partial charge >= 0.3 is 5.69 Å². The number of aromatic amines is 2. The average Bonchev–Trinajstić information content (AvgIpc) is 3.51. The number of carbonyl (C=O) groups excluding carboxylic acids is 1. The molecule has 0 aliphatic rings. The molecule has 0 spiro atoms. The largest absolute Gasteiger partial charge is 0.341 e. The molecule has 0 saturated heterocycles. The third-order valence-electron chi connectivity index (χ3n) is 5.04. The van der Waals surface area contributed by atoms with Gasteiger partial charge in [-0.2, -0.15) is 0 Å². The molecule has 0 atom stereocenters. The van der Waals surface area contributed by atoms with E-state index < -0.39 is 0 Å². The number of nitrogens with zero attached hydrogens (tertiary/aromatic N) is 2. The number of H-pyrrole nitrogens is 2. The maximum Gasteiger partial charge on any atom is 0.341 e. The van der Waals surface area contributed by atoms with Crippen molar-refractivity contribution in [2.24, 2.45) is 0 Å².